The molecule has 0 atom stereocenters. The van der Waals surface area contributed by atoms with Gasteiger partial charge in [-0.05, 0) is 67.9 Å². The summed E-state index contributed by atoms with van der Waals surface area (Å²) in [5.74, 6) is 1.23. The van der Waals surface area contributed by atoms with Crippen LogP contribution in [0.4, 0.5) is 5.69 Å². The number of anilines is 1. The molecule has 3 N–H and O–H groups in total. The molecule has 0 amide bonds. The van der Waals surface area contributed by atoms with Crippen LogP contribution in [0.3, 0.4) is 0 Å². The van der Waals surface area contributed by atoms with Gasteiger partial charge in [-0.3, -0.25) is 0 Å². The van der Waals surface area contributed by atoms with Crippen molar-refractivity contribution < 1.29 is 19.0 Å². The Bertz CT molecular complexity index is 657. The van der Waals surface area contributed by atoms with Crippen LogP contribution in [-0.2, 0) is 4.74 Å². The maximum atomic E-state index is 11.4. The van der Waals surface area contributed by atoms with E-state index in [1.165, 1.54) is 7.11 Å². The van der Waals surface area contributed by atoms with Gasteiger partial charge in [0.2, 0.25) is 0 Å². The molecule has 0 bridgehead atoms. The molecule has 0 radical (unpaired) electrons. The third-order valence-electron chi connectivity index (χ3n) is 3.67. The maximum Gasteiger partial charge on any atom is 0.337 e. The fraction of sp³-hybridized carbons (Fsp3) is 0.350. The highest BCUT2D eigenvalue weighted by Gasteiger charge is 2.04. The lowest BCUT2D eigenvalue weighted by molar-refractivity contribution is 0.0600. The molecule has 140 valence electrons. The van der Waals surface area contributed by atoms with Crippen molar-refractivity contribution in [3.63, 3.8) is 0 Å². The Morgan fingerprint density at radius 2 is 1.50 bits per heavy atom. The highest BCUT2D eigenvalue weighted by atomic mass is 16.5. The Labute approximate surface area is 154 Å². The predicted octanol–water partition coefficient (Wildman–Crippen LogP) is 3.08. The maximum absolute atomic E-state index is 11.4. The first-order valence-corrected chi connectivity index (χ1v) is 8.71. The number of methoxy groups -OCH3 is 1. The van der Waals surface area contributed by atoms with E-state index in [0.29, 0.717) is 25.3 Å². The summed E-state index contributed by atoms with van der Waals surface area (Å²) in [4.78, 5) is 11.4. The first-order valence-electron chi connectivity index (χ1n) is 8.71. The van der Waals surface area contributed by atoms with Crippen LogP contribution < -0.4 is 20.5 Å². The molecule has 6 heteroatoms. The van der Waals surface area contributed by atoms with Gasteiger partial charge >= 0.3 is 5.97 Å². The number of rotatable bonds is 11. The molecule has 0 aliphatic carbocycles. The smallest absolute Gasteiger partial charge is 0.337 e. The van der Waals surface area contributed by atoms with E-state index in [1.54, 1.807) is 24.3 Å². The second-order valence-corrected chi connectivity index (χ2v) is 5.66. The normalized spacial score (nSPS) is 10.2. The van der Waals surface area contributed by atoms with Gasteiger partial charge in [-0.1, -0.05) is 0 Å². The standard InChI is InChI=1S/C20H26N2O4/c1-24-20(23)16-4-8-18(9-5-16)26-15-3-13-22-17-6-10-19(11-7-17)25-14-2-12-21/h4-11,22H,2-3,12-15,21H2,1H3. The fourth-order valence-electron chi connectivity index (χ4n) is 2.24. The molecule has 0 unspecified atom stereocenters. The lowest BCUT2D eigenvalue weighted by atomic mass is 10.2. The Kier molecular flexibility index (Phi) is 8.29. The Hall–Kier alpha value is -2.73. The van der Waals surface area contributed by atoms with Gasteiger partial charge in [0.05, 0.1) is 25.9 Å². The molecule has 26 heavy (non-hydrogen) atoms. The van der Waals surface area contributed by atoms with Crippen LogP contribution in [0.15, 0.2) is 48.5 Å². The molecule has 2 aromatic rings. The summed E-state index contributed by atoms with van der Waals surface area (Å²) in [6.45, 7) is 2.66. The number of carbonyl (C=O) groups is 1. The van der Waals surface area contributed by atoms with Gasteiger partial charge in [-0.15, -0.1) is 0 Å². The Morgan fingerprint density at radius 1 is 0.923 bits per heavy atom. The second kappa shape index (κ2) is 11.0. The first kappa shape index (κ1) is 19.6. The van der Waals surface area contributed by atoms with E-state index < -0.39 is 0 Å². The minimum absolute atomic E-state index is 0.350. The molecule has 2 aromatic carbocycles. The molecule has 0 saturated carbocycles. The Morgan fingerprint density at radius 3 is 2.08 bits per heavy atom. The van der Waals surface area contributed by atoms with Crippen molar-refractivity contribution in [1.29, 1.82) is 0 Å². The molecular weight excluding hydrogens is 332 g/mol. The average molecular weight is 358 g/mol. The van der Waals surface area contributed by atoms with Gasteiger partial charge in [0.25, 0.3) is 0 Å². The number of ether oxygens (including phenoxy) is 3. The van der Waals surface area contributed by atoms with Gasteiger partial charge < -0.3 is 25.3 Å². The number of esters is 1. The number of nitrogens with two attached hydrogens (primary N) is 1. The molecular formula is C20H26N2O4. The predicted molar refractivity (Wildman–Crippen MR) is 102 cm³/mol. The van der Waals surface area contributed by atoms with Gasteiger partial charge in [-0.25, -0.2) is 4.79 Å². The van der Waals surface area contributed by atoms with Crippen molar-refractivity contribution in [2.45, 2.75) is 12.8 Å². The monoisotopic (exact) mass is 358 g/mol. The minimum atomic E-state index is -0.350. The van der Waals surface area contributed by atoms with Crippen LogP contribution in [-0.4, -0.2) is 39.4 Å². The number of hydrogen-bond acceptors (Lipinski definition) is 6. The van der Waals surface area contributed by atoms with E-state index in [0.717, 1.165) is 36.6 Å². The van der Waals surface area contributed by atoms with E-state index in [9.17, 15) is 4.79 Å². The molecule has 0 spiro atoms. The zero-order valence-corrected chi connectivity index (χ0v) is 15.1. The van der Waals surface area contributed by atoms with Crippen LogP contribution in [0, 0.1) is 0 Å². The average Bonchev–Trinajstić information content (AvgIpc) is 2.69. The van der Waals surface area contributed by atoms with Gasteiger partial charge in [0.1, 0.15) is 11.5 Å². The summed E-state index contributed by atoms with van der Waals surface area (Å²) >= 11 is 0. The van der Waals surface area contributed by atoms with Crippen molar-refractivity contribution in [1.82, 2.24) is 0 Å². The second-order valence-electron chi connectivity index (χ2n) is 5.66. The van der Waals surface area contributed by atoms with Crippen LogP contribution in [0.2, 0.25) is 0 Å². The Balaban J connectivity index is 1.63. The van der Waals surface area contributed by atoms with Crippen molar-refractivity contribution in [2.75, 3.05) is 38.7 Å². The molecule has 0 aliphatic rings. The molecule has 6 nitrogen and oxygen atoms in total. The van der Waals surface area contributed by atoms with Crippen molar-refractivity contribution in [3.8, 4) is 11.5 Å². The van der Waals surface area contributed by atoms with E-state index in [-0.39, 0.29) is 5.97 Å². The summed E-state index contributed by atoms with van der Waals surface area (Å²) in [6, 6.07) is 14.8. The lowest BCUT2D eigenvalue weighted by Gasteiger charge is -2.10. The van der Waals surface area contributed by atoms with Crippen molar-refractivity contribution in [3.05, 3.63) is 54.1 Å². The molecule has 2 rings (SSSR count). The third kappa shape index (κ3) is 6.64. The SMILES string of the molecule is COC(=O)c1ccc(OCCCNc2ccc(OCCCN)cc2)cc1. The molecule has 0 aromatic heterocycles. The van der Waals surface area contributed by atoms with Crippen molar-refractivity contribution >= 4 is 11.7 Å². The van der Waals surface area contributed by atoms with Crippen LogP contribution in [0.5, 0.6) is 11.5 Å². The summed E-state index contributed by atoms with van der Waals surface area (Å²) in [5.41, 5.74) is 6.99. The largest absolute Gasteiger partial charge is 0.494 e. The zero-order valence-electron chi connectivity index (χ0n) is 15.1. The van der Waals surface area contributed by atoms with Crippen LogP contribution in [0.1, 0.15) is 23.2 Å². The molecule has 0 saturated heterocycles. The van der Waals surface area contributed by atoms with Gasteiger partial charge in [0.15, 0.2) is 0 Å². The summed E-state index contributed by atoms with van der Waals surface area (Å²) < 4.78 is 15.9. The number of carbonyl (C=O) groups excluding carboxylic acids is 1. The lowest BCUT2D eigenvalue weighted by Crippen LogP contribution is -2.08. The van der Waals surface area contributed by atoms with Crippen LogP contribution >= 0.6 is 0 Å². The number of benzene rings is 2. The molecule has 0 aliphatic heterocycles. The van der Waals surface area contributed by atoms with E-state index >= 15 is 0 Å². The summed E-state index contributed by atoms with van der Waals surface area (Å²) in [5, 5.41) is 3.34. The van der Waals surface area contributed by atoms with E-state index in [2.05, 4.69) is 10.1 Å². The third-order valence-corrected chi connectivity index (χ3v) is 3.67. The number of nitrogens with one attached hydrogen (secondary N) is 1. The van der Waals surface area contributed by atoms with Crippen LogP contribution in [0.25, 0.3) is 0 Å². The quantitative estimate of drug-likeness (QED) is 0.474. The molecule has 0 heterocycles. The van der Waals surface area contributed by atoms with Gasteiger partial charge in [-0.2, -0.15) is 0 Å². The zero-order chi connectivity index (χ0) is 18.6. The van der Waals surface area contributed by atoms with E-state index in [1.807, 2.05) is 24.3 Å². The van der Waals surface area contributed by atoms with Gasteiger partial charge in [0, 0.05) is 12.2 Å². The number of hydrogen-bond donors (Lipinski definition) is 2. The minimum Gasteiger partial charge on any atom is -0.494 e. The topological polar surface area (TPSA) is 82.8 Å². The first-order chi connectivity index (χ1) is 12.7. The molecule has 0 fully saturated rings. The highest BCUT2D eigenvalue weighted by molar-refractivity contribution is 5.89. The fourth-order valence-corrected chi connectivity index (χ4v) is 2.24. The highest BCUT2D eigenvalue weighted by Crippen LogP contribution is 2.16. The van der Waals surface area contributed by atoms with E-state index in [4.69, 9.17) is 15.2 Å². The summed E-state index contributed by atoms with van der Waals surface area (Å²) in [7, 11) is 1.36. The summed E-state index contributed by atoms with van der Waals surface area (Å²) in [6.07, 6.45) is 1.71. The van der Waals surface area contributed by atoms with Crippen molar-refractivity contribution in [2.24, 2.45) is 5.73 Å².